The van der Waals surface area contributed by atoms with Gasteiger partial charge in [-0.05, 0) is 82.2 Å². The van der Waals surface area contributed by atoms with Crippen molar-refractivity contribution in [1.29, 1.82) is 0 Å². The third kappa shape index (κ3) is 6.78. The molecule has 0 fully saturated rings. The van der Waals surface area contributed by atoms with Crippen LogP contribution in [-0.2, 0) is 11.0 Å². The maximum Gasteiger partial charge on any atom is 0.416 e. The Morgan fingerprint density at radius 3 is 2.52 bits per heavy atom. The van der Waals surface area contributed by atoms with Crippen molar-refractivity contribution in [2.45, 2.75) is 6.18 Å². The minimum Gasteiger partial charge on any atom is -0.493 e. The highest BCUT2D eigenvalue weighted by Crippen LogP contribution is 2.36. The van der Waals surface area contributed by atoms with Crippen molar-refractivity contribution in [3.05, 3.63) is 117 Å². The van der Waals surface area contributed by atoms with Crippen molar-refractivity contribution in [2.75, 3.05) is 19.0 Å². The van der Waals surface area contributed by atoms with Crippen molar-refractivity contribution in [3.8, 4) is 22.9 Å². The van der Waals surface area contributed by atoms with Gasteiger partial charge in [0.25, 0.3) is 11.5 Å². The number of carbonyl (C=O) groups excluding carboxylic acids is 1. The summed E-state index contributed by atoms with van der Waals surface area (Å²) >= 11 is 3.39. The predicted molar refractivity (Wildman–Crippen MR) is 161 cm³/mol. The van der Waals surface area contributed by atoms with Crippen LogP contribution in [0.3, 0.4) is 0 Å². The molecule has 224 valence electrons. The maximum atomic E-state index is 13.5. The number of ether oxygens (including phenoxy) is 2. The average molecular weight is 669 g/mol. The highest BCUT2D eigenvalue weighted by molar-refractivity contribution is 9.10. The van der Waals surface area contributed by atoms with Gasteiger partial charge in [-0.2, -0.15) is 22.9 Å². The molecule has 1 heterocycles. The van der Waals surface area contributed by atoms with E-state index >= 15 is 0 Å². The van der Waals surface area contributed by atoms with E-state index in [0.29, 0.717) is 21.2 Å². The number of nitrogens with one attached hydrogen (secondary N) is 1. The van der Waals surface area contributed by atoms with E-state index in [0.717, 1.165) is 16.8 Å². The maximum absolute atomic E-state index is 13.5. The number of fused-ring (bicyclic) bond motifs is 1. The van der Waals surface area contributed by atoms with E-state index in [2.05, 4.69) is 31.3 Å². The van der Waals surface area contributed by atoms with Crippen LogP contribution in [0.5, 0.6) is 11.5 Å². The zero-order valence-electron chi connectivity index (χ0n) is 22.7. The summed E-state index contributed by atoms with van der Waals surface area (Å²) in [4.78, 5) is 30.2. The molecular weight excluding hydrogens is 648 g/mol. The second-order valence-corrected chi connectivity index (χ2v) is 10.1. The number of anilines is 1. The molecule has 1 amide bonds. The fraction of sp³-hybridized carbons (Fsp3) is 0.0968. The summed E-state index contributed by atoms with van der Waals surface area (Å²) in [5, 5.41) is 7.10. The zero-order chi connectivity index (χ0) is 31.4. The van der Waals surface area contributed by atoms with Crippen molar-refractivity contribution in [1.82, 2.24) is 9.66 Å². The molecule has 4 aromatic carbocycles. The van der Waals surface area contributed by atoms with Gasteiger partial charge in [0.05, 0.1) is 34.3 Å². The lowest BCUT2D eigenvalue weighted by molar-refractivity contribution is -0.137. The minimum atomic E-state index is -4.60. The summed E-state index contributed by atoms with van der Waals surface area (Å²) in [6, 6.07) is 19.3. The topological polar surface area (TPSA) is 94.8 Å². The fourth-order valence-electron chi connectivity index (χ4n) is 4.20. The van der Waals surface area contributed by atoms with Gasteiger partial charge in [0.2, 0.25) is 0 Å². The number of carbonyl (C=O) groups is 1. The SMILES string of the molecule is COc1cc(C=Nn2c(-c3cccc(C(F)(F)F)c3)nc3ccccc3c2=O)cc(Br)c1OCC(=O)Nc1ccc(F)cc1. The van der Waals surface area contributed by atoms with E-state index in [1.165, 1.54) is 55.8 Å². The average Bonchev–Trinajstić information content (AvgIpc) is 3.00. The van der Waals surface area contributed by atoms with Gasteiger partial charge in [0.1, 0.15) is 5.82 Å². The van der Waals surface area contributed by atoms with Gasteiger partial charge in [-0.25, -0.2) is 9.37 Å². The molecule has 0 aliphatic heterocycles. The number of benzene rings is 4. The molecule has 0 saturated carbocycles. The summed E-state index contributed by atoms with van der Waals surface area (Å²) in [5.74, 6) is -0.605. The number of para-hydroxylation sites is 1. The second kappa shape index (κ2) is 12.7. The Kier molecular flexibility index (Phi) is 8.76. The molecular formula is C31H21BrF4N4O4. The molecule has 0 aliphatic carbocycles. The summed E-state index contributed by atoms with van der Waals surface area (Å²) in [7, 11) is 1.39. The van der Waals surface area contributed by atoms with E-state index in [4.69, 9.17) is 9.47 Å². The third-order valence-corrected chi connectivity index (χ3v) is 6.84. The molecule has 13 heteroatoms. The second-order valence-electron chi connectivity index (χ2n) is 9.27. The van der Waals surface area contributed by atoms with Crippen LogP contribution in [0, 0.1) is 5.82 Å². The normalized spacial score (nSPS) is 11.6. The summed E-state index contributed by atoms with van der Waals surface area (Å²) in [6.07, 6.45) is -3.29. The zero-order valence-corrected chi connectivity index (χ0v) is 24.3. The van der Waals surface area contributed by atoms with Gasteiger partial charge >= 0.3 is 6.18 Å². The molecule has 0 radical (unpaired) electrons. The Hall–Kier alpha value is -5.04. The summed E-state index contributed by atoms with van der Waals surface area (Å²) < 4.78 is 65.9. The lowest BCUT2D eigenvalue weighted by Gasteiger charge is -2.14. The molecule has 8 nitrogen and oxygen atoms in total. The number of hydrogen-bond donors (Lipinski definition) is 1. The van der Waals surface area contributed by atoms with E-state index in [9.17, 15) is 27.2 Å². The largest absolute Gasteiger partial charge is 0.493 e. The molecule has 1 aromatic heterocycles. The number of alkyl halides is 3. The van der Waals surface area contributed by atoms with Crippen LogP contribution in [0.2, 0.25) is 0 Å². The lowest BCUT2D eigenvalue weighted by atomic mass is 10.1. The lowest BCUT2D eigenvalue weighted by Crippen LogP contribution is -2.21. The first-order valence-electron chi connectivity index (χ1n) is 12.8. The molecule has 0 bridgehead atoms. The molecule has 44 heavy (non-hydrogen) atoms. The van der Waals surface area contributed by atoms with Crippen LogP contribution in [0.1, 0.15) is 11.1 Å². The van der Waals surface area contributed by atoms with Crippen LogP contribution in [0.15, 0.2) is 99.3 Å². The van der Waals surface area contributed by atoms with Crippen LogP contribution in [0.25, 0.3) is 22.3 Å². The first-order chi connectivity index (χ1) is 21.0. The molecule has 5 rings (SSSR count). The van der Waals surface area contributed by atoms with Gasteiger partial charge in [-0.1, -0.05) is 24.3 Å². The van der Waals surface area contributed by atoms with Crippen LogP contribution in [0.4, 0.5) is 23.2 Å². The van der Waals surface area contributed by atoms with E-state index in [1.54, 1.807) is 30.3 Å². The third-order valence-electron chi connectivity index (χ3n) is 6.25. The molecule has 5 aromatic rings. The predicted octanol–water partition coefficient (Wildman–Crippen LogP) is 6.89. The van der Waals surface area contributed by atoms with Crippen LogP contribution in [-0.4, -0.2) is 35.5 Å². The number of amides is 1. The summed E-state index contributed by atoms with van der Waals surface area (Å²) in [6.45, 7) is -0.391. The molecule has 0 spiro atoms. The van der Waals surface area contributed by atoms with E-state index in [-0.39, 0.29) is 28.3 Å². The van der Waals surface area contributed by atoms with Crippen molar-refractivity contribution < 1.29 is 31.8 Å². The Balaban J connectivity index is 1.46. The van der Waals surface area contributed by atoms with Gasteiger partial charge in [0.15, 0.2) is 23.9 Å². The highest BCUT2D eigenvalue weighted by Gasteiger charge is 2.31. The van der Waals surface area contributed by atoms with Crippen molar-refractivity contribution >= 4 is 44.6 Å². The first-order valence-corrected chi connectivity index (χ1v) is 13.6. The number of aromatic nitrogens is 2. The number of halogens is 5. The smallest absolute Gasteiger partial charge is 0.416 e. The molecule has 0 saturated heterocycles. The van der Waals surface area contributed by atoms with E-state index < -0.39 is 35.6 Å². The van der Waals surface area contributed by atoms with Crippen LogP contribution < -0.4 is 20.3 Å². The van der Waals surface area contributed by atoms with Crippen molar-refractivity contribution in [3.63, 3.8) is 0 Å². The van der Waals surface area contributed by atoms with Gasteiger partial charge in [-0.15, -0.1) is 0 Å². The van der Waals surface area contributed by atoms with Crippen molar-refractivity contribution in [2.24, 2.45) is 5.10 Å². The van der Waals surface area contributed by atoms with Gasteiger partial charge in [0, 0.05) is 11.3 Å². The molecule has 0 unspecified atom stereocenters. The first kappa shape index (κ1) is 30.4. The van der Waals surface area contributed by atoms with Gasteiger partial charge < -0.3 is 14.8 Å². The number of nitrogens with zero attached hydrogens (tertiary/aromatic N) is 3. The Morgan fingerprint density at radius 1 is 1.05 bits per heavy atom. The Morgan fingerprint density at radius 2 is 1.80 bits per heavy atom. The van der Waals surface area contributed by atoms with Crippen LogP contribution >= 0.6 is 15.9 Å². The van der Waals surface area contributed by atoms with E-state index in [1.807, 2.05) is 0 Å². The fourth-order valence-corrected chi connectivity index (χ4v) is 4.77. The molecule has 1 N–H and O–H groups in total. The number of methoxy groups -OCH3 is 1. The quantitative estimate of drug-likeness (QED) is 0.144. The summed E-state index contributed by atoms with van der Waals surface area (Å²) in [5.41, 5.74) is -0.333. The Labute approximate surface area is 255 Å². The minimum absolute atomic E-state index is 0.0428. The monoisotopic (exact) mass is 668 g/mol. The number of rotatable bonds is 8. The van der Waals surface area contributed by atoms with Gasteiger partial charge in [-0.3, -0.25) is 9.59 Å². The highest BCUT2D eigenvalue weighted by atomic mass is 79.9. The standard InChI is InChI=1S/C31H21BrF4N4O4/c1-43-26-14-18(13-24(32)28(26)44-17-27(41)38-22-11-9-21(33)10-12-22)16-37-40-29(19-5-4-6-20(15-19)31(34,35)36)39-25-8-3-2-7-23(25)30(40)42/h2-16H,17H2,1H3,(H,38,41). The molecule has 0 aliphatic rings. The molecule has 0 atom stereocenters. The Bertz CT molecular complexity index is 1940. The number of hydrogen-bond acceptors (Lipinski definition) is 6.